The molecule has 0 fully saturated rings. The van der Waals surface area contributed by atoms with Crippen LogP contribution in [-0.4, -0.2) is 29.0 Å². The van der Waals surface area contributed by atoms with Gasteiger partial charge in [-0.15, -0.1) is 0 Å². The average molecular weight is 323 g/mol. The number of esters is 1. The Balaban J connectivity index is 2.06. The van der Waals surface area contributed by atoms with Crippen molar-refractivity contribution in [1.82, 2.24) is 9.97 Å². The number of benzene rings is 1. The Bertz CT molecular complexity index is 722. The molecule has 1 heterocycles. The third-order valence-electron chi connectivity index (χ3n) is 2.61. The summed E-state index contributed by atoms with van der Waals surface area (Å²) in [6.07, 6.45) is 0.778. The van der Waals surface area contributed by atoms with E-state index in [1.54, 1.807) is 0 Å². The van der Waals surface area contributed by atoms with Crippen LogP contribution in [0.1, 0.15) is 5.56 Å². The Kier molecular flexibility index (Phi) is 5.13. The Morgan fingerprint density at radius 3 is 2.57 bits per heavy atom. The minimum absolute atomic E-state index is 0.0102. The number of carbonyl (C=O) groups is 2. The molecule has 0 aliphatic rings. The normalized spacial score (nSPS) is 10.0. The number of nitrogens with zero attached hydrogens (tertiary/aromatic N) is 2. The number of anilines is 1. The van der Waals surface area contributed by atoms with Gasteiger partial charge < -0.3 is 9.47 Å². The zero-order valence-electron chi connectivity index (χ0n) is 11.9. The van der Waals surface area contributed by atoms with Crippen LogP contribution in [0.4, 0.5) is 14.6 Å². The van der Waals surface area contributed by atoms with Gasteiger partial charge in [0, 0.05) is 0 Å². The highest BCUT2D eigenvalue weighted by Crippen LogP contribution is 2.14. The summed E-state index contributed by atoms with van der Waals surface area (Å²) < 4.78 is 35.7. The van der Waals surface area contributed by atoms with Gasteiger partial charge in [-0.1, -0.05) is 12.1 Å². The first-order chi connectivity index (χ1) is 11.0. The molecule has 0 unspecified atom stereocenters. The van der Waals surface area contributed by atoms with Crippen molar-refractivity contribution in [2.24, 2.45) is 0 Å². The number of ether oxygens (including phenoxy) is 2. The predicted molar refractivity (Wildman–Crippen MR) is 73.4 cm³/mol. The minimum Gasteiger partial charge on any atom is -0.462 e. The highest BCUT2D eigenvalue weighted by Gasteiger charge is 2.18. The lowest BCUT2D eigenvalue weighted by atomic mass is 10.2. The van der Waals surface area contributed by atoms with Gasteiger partial charge >= 0.3 is 17.9 Å². The van der Waals surface area contributed by atoms with Crippen LogP contribution in [0.3, 0.4) is 0 Å². The molecule has 1 N–H and O–H groups in total. The molecule has 0 aliphatic carbocycles. The molecule has 1 aromatic heterocycles. The van der Waals surface area contributed by atoms with Crippen molar-refractivity contribution in [3.8, 4) is 6.01 Å². The van der Waals surface area contributed by atoms with Crippen molar-refractivity contribution < 1.29 is 27.8 Å². The van der Waals surface area contributed by atoms with Gasteiger partial charge in [-0.05, 0) is 17.7 Å². The highest BCUT2D eigenvalue weighted by atomic mass is 19.1. The smallest absolute Gasteiger partial charge is 0.396 e. The molecule has 2 rings (SSSR count). The molecule has 0 atom stereocenters. The van der Waals surface area contributed by atoms with Crippen molar-refractivity contribution in [3.63, 3.8) is 0 Å². The summed E-state index contributed by atoms with van der Waals surface area (Å²) in [5, 5.41) is 1.94. The first-order valence-corrected chi connectivity index (χ1v) is 6.28. The van der Waals surface area contributed by atoms with Crippen LogP contribution in [0.2, 0.25) is 0 Å². The van der Waals surface area contributed by atoms with Gasteiger partial charge in [0.15, 0.2) is 11.6 Å². The van der Waals surface area contributed by atoms with Gasteiger partial charge in [0.05, 0.1) is 13.3 Å². The summed E-state index contributed by atoms with van der Waals surface area (Å²) in [5.74, 6) is -4.24. The van der Waals surface area contributed by atoms with E-state index in [1.807, 2.05) is 5.32 Å². The summed E-state index contributed by atoms with van der Waals surface area (Å²) in [5.41, 5.74) is 0.638. The van der Waals surface area contributed by atoms with Crippen molar-refractivity contribution in [2.45, 2.75) is 6.61 Å². The lowest BCUT2D eigenvalue weighted by Crippen LogP contribution is -2.25. The predicted octanol–water partition coefficient (Wildman–Crippen LogP) is 1.45. The SMILES string of the molecule is COC(=O)C(=O)Nc1nc(OCc2ccc(F)cc2)ncc1F. The molecule has 1 aromatic carbocycles. The second kappa shape index (κ2) is 7.25. The first kappa shape index (κ1) is 16.3. The molecule has 0 aliphatic heterocycles. The molecule has 0 bridgehead atoms. The Labute approximate surface area is 129 Å². The molecule has 7 nitrogen and oxygen atoms in total. The second-order valence-corrected chi connectivity index (χ2v) is 4.21. The van der Waals surface area contributed by atoms with Crippen LogP contribution in [-0.2, 0) is 20.9 Å². The van der Waals surface area contributed by atoms with Crippen LogP contribution in [0.25, 0.3) is 0 Å². The van der Waals surface area contributed by atoms with E-state index in [4.69, 9.17) is 4.74 Å². The number of amides is 1. The maximum absolute atomic E-state index is 13.5. The molecule has 0 saturated carbocycles. The molecule has 0 spiro atoms. The van der Waals surface area contributed by atoms with E-state index in [-0.39, 0.29) is 18.4 Å². The van der Waals surface area contributed by atoms with Crippen molar-refractivity contribution in [2.75, 3.05) is 12.4 Å². The monoisotopic (exact) mass is 323 g/mol. The van der Waals surface area contributed by atoms with E-state index in [2.05, 4.69) is 14.7 Å². The number of carbonyl (C=O) groups excluding carboxylic acids is 2. The number of hydrogen-bond donors (Lipinski definition) is 1. The summed E-state index contributed by atoms with van der Waals surface area (Å²) in [4.78, 5) is 29.6. The topological polar surface area (TPSA) is 90.4 Å². The standard InChI is InChI=1S/C14H11F2N3O4/c1-22-13(21)12(20)18-11-10(16)6-17-14(19-11)23-7-8-2-4-9(15)5-3-8/h2-6H,7H2,1H3,(H,17,18,19,20). The van der Waals surface area contributed by atoms with Gasteiger partial charge in [0.2, 0.25) is 0 Å². The Morgan fingerprint density at radius 2 is 1.91 bits per heavy atom. The van der Waals surface area contributed by atoms with Crippen molar-refractivity contribution >= 4 is 17.7 Å². The third-order valence-corrected chi connectivity index (χ3v) is 2.61. The van der Waals surface area contributed by atoms with E-state index in [1.165, 1.54) is 24.3 Å². The molecule has 120 valence electrons. The number of halogens is 2. The van der Waals surface area contributed by atoms with Crippen LogP contribution < -0.4 is 10.1 Å². The number of methoxy groups -OCH3 is 1. The van der Waals surface area contributed by atoms with Crippen molar-refractivity contribution in [1.29, 1.82) is 0 Å². The largest absolute Gasteiger partial charge is 0.462 e. The molecular weight excluding hydrogens is 312 g/mol. The lowest BCUT2D eigenvalue weighted by Gasteiger charge is -2.07. The average Bonchev–Trinajstić information content (AvgIpc) is 2.56. The summed E-state index contributed by atoms with van der Waals surface area (Å²) >= 11 is 0. The van der Waals surface area contributed by atoms with Gasteiger partial charge in [0.25, 0.3) is 0 Å². The number of rotatable bonds is 4. The third kappa shape index (κ3) is 4.43. The van der Waals surface area contributed by atoms with E-state index in [0.717, 1.165) is 13.3 Å². The fourth-order valence-electron chi connectivity index (χ4n) is 1.49. The van der Waals surface area contributed by atoms with E-state index >= 15 is 0 Å². The summed E-state index contributed by atoms with van der Waals surface area (Å²) in [6, 6.07) is 5.28. The molecule has 9 heteroatoms. The zero-order valence-corrected chi connectivity index (χ0v) is 11.9. The summed E-state index contributed by atoms with van der Waals surface area (Å²) in [6.45, 7) is 0.0102. The van der Waals surface area contributed by atoms with Crippen LogP contribution >= 0.6 is 0 Å². The second-order valence-electron chi connectivity index (χ2n) is 4.21. The van der Waals surface area contributed by atoms with Crippen LogP contribution in [0.15, 0.2) is 30.5 Å². The van der Waals surface area contributed by atoms with E-state index < -0.39 is 23.5 Å². The molecule has 2 aromatic rings. The molecule has 0 radical (unpaired) electrons. The number of aromatic nitrogens is 2. The van der Waals surface area contributed by atoms with E-state index in [9.17, 15) is 18.4 Å². The van der Waals surface area contributed by atoms with Crippen molar-refractivity contribution in [3.05, 3.63) is 47.7 Å². The van der Waals surface area contributed by atoms with Gasteiger partial charge in [-0.2, -0.15) is 4.98 Å². The fourth-order valence-corrected chi connectivity index (χ4v) is 1.49. The maximum Gasteiger partial charge on any atom is 0.396 e. The highest BCUT2D eigenvalue weighted by molar-refractivity contribution is 6.37. The molecular formula is C14H11F2N3O4. The lowest BCUT2D eigenvalue weighted by molar-refractivity contribution is -0.150. The minimum atomic E-state index is -1.20. The van der Waals surface area contributed by atoms with Crippen LogP contribution in [0, 0.1) is 11.6 Å². The Hall–Kier alpha value is -3.10. The first-order valence-electron chi connectivity index (χ1n) is 6.28. The Morgan fingerprint density at radius 1 is 1.22 bits per heavy atom. The maximum atomic E-state index is 13.5. The van der Waals surface area contributed by atoms with Gasteiger partial charge in [-0.3, -0.25) is 10.1 Å². The van der Waals surface area contributed by atoms with Gasteiger partial charge in [-0.25, -0.2) is 18.6 Å². The zero-order chi connectivity index (χ0) is 16.8. The summed E-state index contributed by atoms with van der Waals surface area (Å²) in [7, 11) is 1.01. The number of nitrogens with one attached hydrogen (secondary N) is 1. The quantitative estimate of drug-likeness (QED) is 0.676. The molecule has 0 saturated heterocycles. The van der Waals surface area contributed by atoms with E-state index in [0.29, 0.717) is 5.56 Å². The fraction of sp³-hybridized carbons (Fsp3) is 0.143. The molecule has 23 heavy (non-hydrogen) atoms. The van der Waals surface area contributed by atoms with Crippen LogP contribution in [0.5, 0.6) is 6.01 Å². The number of hydrogen-bond acceptors (Lipinski definition) is 6. The van der Waals surface area contributed by atoms with Gasteiger partial charge in [0.1, 0.15) is 12.4 Å². The molecule has 1 amide bonds.